The van der Waals surface area contributed by atoms with Crippen molar-refractivity contribution in [1.82, 2.24) is 55.3 Å². The van der Waals surface area contributed by atoms with Crippen molar-refractivity contribution in [2.24, 2.45) is 10.8 Å². The van der Waals surface area contributed by atoms with Crippen LogP contribution in [-0.2, 0) is 23.9 Å². The SMILES string of the molecule is CC1(OCCNC(=O)C[C@@H]2C[C@@H](O)CN2C(=O)[C@@H]([n+]2cc(C3CC3)n(C3CC3c3cn([C@H](C(=O)N4C[C@H](O)C[C@H]4C(=O)NCCCOc4ncccn4)C(C)(C)C)nn3)n2)C(C)(C)C)CCC1. The fraction of sp³-hybridized carbons (Fsp3) is 0.745. The number of aliphatic hydroxyl groups excluding tert-OH is 2. The minimum absolute atomic E-state index is 0.0231. The monoisotopic (exact) mass is 932 g/mol. The summed E-state index contributed by atoms with van der Waals surface area (Å²) >= 11 is 0. The van der Waals surface area contributed by atoms with Crippen molar-refractivity contribution in [2.45, 2.75) is 173 Å². The molecule has 2 aliphatic heterocycles. The van der Waals surface area contributed by atoms with Gasteiger partial charge < -0.3 is 40.1 Å². The zero-order valence-electron chi connectivity index (χ0n) is 40.2. The first kappa shape index (κ1) is 48.4. The number of ether oxygens (including phenoxy) is 2. The van der Waals surface area contributed by atoms with Gasteiger partial charge in [0.1, 0.15) is 18.1 Å². The van der Waals surface area contributed by atoms with Crippen LogP contribution in [0.5, 0.6) is 6.01 Å². The molecule has 3 aromatic rings. The lowest BCUT2D eigenvalue weighted by Crippen LogP contribution is -2.57. The molecule has 8 rings (SSSR count). The molecule has 2 saturated heterocycles. The highest BCUT2D eigenvalue weighted by Crippen LogP contribution is 2.53. The van der Waals surface area contributed by atoms with Crippen molar-refractivity contribution in [1.29, 1.82) is 0 Å². The number of amides is 4. The number of carbonyl (C=O) groups is 4. The van der Waals surface area contributed by atoms with Crippen LogP contribution in [-0.4, -0.2) is 148 Å². The number of hydrogen-bond donors (Lipinski definition) is 4. The molecule has 67 heavy (non-hydrogen) atoms. The first-order valence-corrected chi connectivity index (χ1v) is 24.3. The molecule has 3 saturated carbocycles. The van der Waals surface area contributed by atoms with Gasteiger partial charge in [-0.3, -0.25) is 19.2 Å². The molecule has 20 heteroatoms. The molecule has 366 valence electrons. The average Bonchev–Trinajstić information content (AvgIpc) is 4.05. The maximum atomic E-state index is 14.7. The summed E-state index contributed by atoms with van der Waals surface area (Å²) < 4.78 is 16.9. The first-order valence-electron chi connectivity index (χ1n) is 24.3. The lowest BCUT2D eigenvalue weighted by Gasteiger charge is -2.38. The quantitative estimate of drug-likeness (QED) is 0.1000. The summed E-state index contributed by atoms with van der Waals surface area (Å²) in [5.74, 6) is -0.753. The van der Waals surface area contributed by atoms with Crippen molar-refractivity contribution < 1.29 is 43.5 Å². The van der Waals surface area contributed by atoms with E-state index < -0.39 is 47.2 Å². The molecular formula is C47H71N12O8+. The number of aromatic nitrogens is 8. The number of nitrogens with zero attached hydrogens (tertiary/aromatic N) is 10. The Bertz CT molecular complexity index is 2230. The summed E-state index contributed by atoms with van der Waals surface area (Å²) in [5, 5.41) is 41.6. The third-order valence-corrected chi connectivity index (χ3v) is 14.0. The van der Waals surface area contributed by atoms with Gasteiger partial charge in [0.15, 0.2) is 11.9 Å². The lowest BCUT2D eigenvalue weighted by molar-refractivity contribution is -0.777. The van der Waals surface area contributed by atoms with E-state index in [4.69, 9.17) is 14.7 Å². The van der Waals surface area contributed by atoms with Gasteiger partial charge >= 0.3 is 6.01 Å². The van der Waals surface area contributed by atoms with Crippen LogP contribution in [0.15, 0.2) is 30.9 Å². The molecule has 5 aliphatic rings. The Morgan fingerprint density at radius 3 is 2.30 bits per heavy atom. The van der Waals surface area contributed by atoms with Crippen molar-refractivity contribution in [3.05, 3.63) is 42.2 Å². The summed E-state index contributed by atoms with van der Waals surface area (Å²) in [5.41, 5.74) is 0.479. The van der Waals surface area contributed by atoms with E-state index in [1.165, 1.54) is 4.90 Å². The first-order chi connectivity index (χ1) is 31.8. The van der Waals surface area contributed by atoms with Crippen molar-refractivity contribution >= 4 is 23.6 Å². The molecule has 8 atom stereocenters. The Morgan fingerprint density at radius 1 is 0.910 bits per heavy atom. The Labute approximate surface area is 392 Å². The minimum Gasteiger partial charge on any atom is -0.463 e. The molecule has 20 nitrogen and oxygen atoms in total. The molecule has 4 amide bonds. The molecule has 5 heterocycles. The molecule has 2 unspecified atom stereocenters. The maximum absolute atomic E-state index is 14.7. The largest absolute Gasteiger partial charge is 0.463 e. The van der Waals surface area contributed by atoms with Gasteiger partial charge in [-0.15, -0.1) is 14.5 Å². The van der Waals surface area contributed by atoms with Gasteiger partial charge in [-0.25, -0.2) is 14.6 Å². The van der Waals surface area contributed by atoms with Gasteiger partial charge in [-0.2, -0.15) is 0 Å². The highest BCUT2D eigenvalue weighted by molar-refractivity contribution is 5.90. The van der Waals surface area contributed by atoms with Gasteiger partial charge in [0.25, 0.3) is 5.91 Å². The molecule has 3 aliphatic carbocycles. The van der Waals surface area contributed by atoms with Crippen LogP contribution >= 0.6 is 0 Å². The minimum atomic E-state index is -0.853. The molecule has 0 spiro atoms. The fourth-order valence-electron chi connectivity index (χ4n) is 10.0. The van der Waals surface area contributed by atoms with Crippen LogP contribution in [0, 0.1) is 10.8 Å². The number of aliphatic hydroxyl groups is 2. The summed E-state index contributed by atoms with van der Waals surface area (Å²) in [6.07, 6.45) is 12.4. The van der Waals surface area contributed by atoms with Crippen molar-refractivity contribution in [3.8, 4) is 6.01 Å². The number of likely N-dealkylation sites (tertiary alicyclic amines) is 2. The number of rotatable bonds is 19. The topological polar surface area (TPSA) is 236 Å². The number of β-amino-alcohol motifs (C(OH)–C–C–N with tert-alkyl or cyclic N) is 2. The van der Waals surface area contributed by atoms with Crippen LogP contribution in [0.25, 0.3) is 0 Å². The predicted molar refractivity (Wildman–Crippen MR) is 241 cm³/mol. The second kappa shape index (κ2) is 19.5. The highest BCUT2D eigenvalue weighted by Gasteiger charge is 2.54. The Hall–Kier alpha value is -5.08. The number of hydrogen-bond acceptors (Lipinski definition) is 13. The van der Waals surface area contributed by atoms with Gasteiger partial charge in [-0.05, 0) is 63.4 Å². The Balaban J connectivity index is 0.928. The van der Waals surface area contributed by atoms with Gasteiger partial charge in [0.2, 0.25) is 23.8 Å². The van der Waals surface area contributed by atoms with E-state index >= 15 is 0 Å². The average molecular weight is 932 g/mol. The van der Waals surface area contributed by atoms with E-state index in [0.29, 0.717) is 50.8 Å². The summed E-state index contributed by atoms with van der Waals surface area (Å²) in [4.78, 5) is 67.0. The summed E-state index contributed by atoms with van der Waals surface area (Å²) in [6.45, 7) is 15.6. The molecule has 0 bridgehead atoms. The second-order valence-electron chi connectivity index (χ2n) is 21.9. The van der Waals surface area contributed by atoms with Gasteiger partial charge in [-0.1, -0.05) is 46.8 Å². The molecule has 0 aromatic carbocycles. The Kier molecular flexibility index (Phi) is 14.1. The van der Waals surface area contributed by atoms with Crippen molar-refractivity contribution in [2.75, 3.05) is 39.4 Å². The summed E-state index contributed by atoms with van der Waals surface area (Å²) in [7, 11) is 0. The third kappa shape index (κ3) is 11.3. The predicted octanol–water partition coefficient (Wildman–Crippen LogP) is 2.31. The molecule has 5 fully saturated rings. The van der Waals surface area contributed by atoms with E-state index in [1.54, 1.807) is 32.7 Å². The molecule has 3 aromatic heterocycles. The van der Waals surface area contributed by atoms with Gasteiger partial charge in [0, 0.05) is 81.4 Å². The zero-order valence-corrected chi connectivity index (χ0v) is 40.2. The van der Waals surface area contributed by atoms with Crippen LogP contribution < -0.4 is 20.1 Å². The second-order valence-corrected chi connectivity index (χ2v) is 21.9. The van der Waals surface area contributed by atoms with Crippen LogP contribution in [0.4, 0.5) is 0 Å². The molecule has 4 N–H and O–H groups in total. The standard InChI is InChI=1S/C47H70N12O8/c1-45(2,3)39(43(65)56-26-32(61)23-36(56)41(63)49-17-10-19-66-44-50-15-9-16-51-44)57-27-34(52-53-57)33-24-35(33)59-37(29-11-12-29)28-58(54-59)40(46(4,5)6)42(64)55-25-31(60)21-30(55)22-38(62)48-18-20-67-47(7)13-8-14-47/h9,15-16,27-33,35-36,39-40,60-61H,8,10-14,17-26H2,1-7H3,(H-,48,49,62,63)/p+1/t30-,31+,32+,33?,35?,36-,39+,40+/m0/s1. The van der Waals surface area contributed by atoms with Crippen LogP contribution in [0.2, 0.25) is 0 Å². The van der Waals surface area contributed by atoms with E-state index in [0.717, 1.165) is 44.2 Å². The smallest absolute Gasteiger partial charge is 0.316 e. The van der Waals surface area contributed by atoms with E-state index in [9.17, 15) is 29.4 Å². The van der Waals surface area contributed by atoms with Crippen LogP contribution in [0.3, 0.4) is 0 Å². The summed E-state index contributed by atoms with van der Waals surface area (Å²) in [6, 6.07) is -0.912. The fourth-order valence-corrected chi connectivity index (χ4v) is 10.0. The number of carbonyl (C=O) groups excluding carboxylic acids is 4. The third-order valence-electron chi connectivity index (χ3n) is 14.0. The van der Waals surface area contributed by atoms with E-state index in [2.05, 4.69) is 37.8 Å². The normalized spacial score (nSPS) is 25.6. The lowest BCUT2D eigenvalue weighted by atomic mass is 9.82. The van der Waals surface area contributed by atoms with E-state index in [1.807, 2.05) is 58.6 Å². The van der Waals surface area contributed by atoms with Crippen molar-refractivity contribution in [3.63, 3.8) is 0 Å². The Morgan fingerprint density at radius 2 is 1.63 bits per heavy atom. The molecule has 0 radical (unpaired) electrons. The molecular weight excluding hydrogens is 861 g/mol. The van der Waals surface area contributed by atoms with E-state index in [-0.39, 0.29) is 73.1 Å². The maximum Gasteiger partial charge on any atom is 0.316 e. The zero-order chi connectivity index (χ0) is 47.8. The van der Waals surface area contributed by atoms with Crippen LogP contribution in [0.1, 0.15) is 154 Å². The highest BCUT2D eigenvalue weighted by atomic mass is 16.5. The number of nitrogens with one attached hydrogen (secondary N) is 2. The van der Waals surface area contributed by atoms with Gasteiger partial charge in [0.05, 0.1) is 47.8 Å².